The van der Waals surface area contributed by atoms with Crippen LogP contribution in [0.3, 0.4) is 0 Å². The molecule has 0 bridgehead atoms. The number of rotatable bonds is 4. The first kappa shape index (κ1) is 12.8. The molecule has 0 saturated carbocycles. The number of pyridine rings is 1. The molecule has 1 aromatic heterocycles. The second kappa shape index (κ2) is 6.31. The molecule has 0 radical (unpaired) electrons. The summed E-state index contributed by atoms with van der Waals surface area (Å²) in [5.41, 5.74) is 1.93. The number of nitrogens with zero attached hydrogens (tertiary/aromatic N) is 1. The van der Waals surface area contributed by atoms with Gasteiger partial charge in [0.2, 0.25) is 5.91 Å². The molecule has 1 aromatic carbocycles. The molecule has 0 unspecified atom stereocenters. The summed E-state index contributed by atoms with van der Waals surface area (Å²) in [7, 11) is 0. The van der Waals surface area contributed by atoms with Crippen molar-refractivity contribution in [3.8, 4) is 0 Å². The second-order valence-corrected chi connectivity index (χ2v) is 4.83. The molecular weight excluding hydrogens is 292 g/mol. The van der Waals surface area contributed by atoms with Crippen LogP contribution in [-0.2, 0) is 11.2 Å². The molecule has 3 nitrogen and oxygen atoms in total. The Morgan fingerprint density at radius 1 is 1.22 bits per heavy atom. The molecule has 0 saturated heterocycles. The monoisotopic (exact) mass is 304 g/mol. The molecule has 18 heavy (non-hydrogen) atoms. The highest BCUT2D eigenvalue weighted by atomic mass is 79.9. The molecule has 0 aliphatic rings. The first-order valence-corrected chi connectivity index (χ1v) is 6.47. The predicted molar refractivity (Wildman–Crippen MR) is 75.3 cm³/mol. The predicted octanol–water partition coefficient (Wildman–Crippen LogP) is 3.42. The number of amides is 1. The first-order chi connectivity index (χ1) is 8.74. The fraction of sp³-hybridized carbons (Fsp3) is 0.143. The van der Waals surface area contributed by atoms with Crippen LogP contribution in [0.1, 0.15) is 12.0 Å². The number of hydrogen-bond acceptors (Lipinski definition) is 2. The number of anilines is 1. The number of halogens is 1. The van der Waals surface area contributed by atoms with E-state index in [1.165, 1.54) is 0 Å². The van der Waals surface area contributed by atoms with E-state index in [0.29, 0.717) is 6.42 Å². The molecule has 2 aromatic rings. The number of carbonyl (C=O) groups excluding carboxylic acids is 1. The van der Waals surface area contributed by atoms with Crippen molar-refractivity contribution in [1.29, 1.82) is 0 Å². The Kier molecular flexibility index (Phi) is 4.47. The summed E-state index contributed by atoms with van der Waals surface area (Å²) in [4.78, 5) is 15.6. The minimum absolute atomic E-state index is 0.0150. The molecule has 4 heteroatoms. The van der Waals surface area contributed by atoms with Crippen LogP contribution in [0.15, 0.2) is 53.3 Å². The van der Waals surface area contributed by atoms with Gasteiger partial charge in [0, 0.05) is 29.0 Å². The summed E-state index contributed by atoms with van der Waals surface area (Å²) in [6.45, 7) is 0. The van der Waals surface area contributed by atoms with Crippen molar-refractivity contribution in [2.24, 2.45) is 0 Å². The molecule has 1 N–H and O–H groups in total. The van der Waals surface area contributed by atoms with Gasteiger partial charge in [0.1, 0.15) is 0 Å². The van der Waals surface area contributed by atoms with Crippen LogP contribution in [0.2, 0.25) is 0 Å². The third-order valence-electron chi connectivity index (χ3n) is 2.49. The average molecular weight is 305 g/mol. The zero-order valence-corrected chi connectivity index (χ0v) is 11.4. The smallest absolute Gasteiger partial charge is 0.224 e. The van der Waals surface area contributed by atoms with E-state index in [1.54, 1.807) is 24.5 Å². The van der Waals surface area contributed by atoms with Gasteiger partial charge in [-0.2, -0.15) is 0 Å². The van der Waals surface area contributed by atoms with E-state index in [9.17, 15) is 4.79 Å². The molecule has 2 rings (SSSR count). The Balaban J connectivity index is 1.85. The zero-order chi connectivity index (χ0) is 12.8. The van der Waals surface area contributed by atoms with Gasteiger partial charge in [-0.3, -0.25) is 9.78 Å². The maximum absolute atomic E-state index is 11.7. The standard InChI is InChI=1S/C14H13BrN2O/c15-12-3-1-2-11(10-12)4-5-14(18)17-13-6-8-16-9-7-13/h1-3,6-10H,4-5H2,(H,16,17,18). The summed E-state index contributed by atoms with van der Waals surface area (Å²) in [6, 6.07) is 11.5. The lowest BCUT2D eigenvalue weighted by atomic mass is 10.1. The Bertz CT molecular complexity index is 528. The molecule has 0 fully saturated rings. The van der Waals surface area contributed by atoms with E-state index >= 15 is 0 Å². The fourth-order valence-corrected chi connectivity index (χ4v) is 2.06. The van der Waals surface area contributed by atoms with Gasteiger partial charge in [-0.1, -0.05) is 28.1 Å². The highest BCUT2D eigenvalue weighted by Crippen LogP contribution is 2.13. The number of benzene rings is 1. The minimum Gasteiger partial charge on any atom is -0.326 e. The van der Waals surface area contributed by atoms with E-state index in [2.05, 4.69) is 26.2 Å². The molecule has 0 spiro atoms. The van der Waals surface area contributed by atoms with Crippen LogP contribution < -0.4 is 5.32 Å². The summed E-state index contributed by atoms with van der Waals surface area (Å²) in [6.07, 6.45) is 4.52. The van der Waals surface area contributed by atoms with Crippen molar-refractivity contribution in [3.63, 3.8) is 0 Å². The van der Waals surface area contributed by atoms with Crippen molar-refractivity contribution in [2.45, 2.75) is 12.8 Å². The lowest BCUT2D eigenvalue weighted by Gasteiger charge is -2.05. The molecule has 0 atom stereocenters. The van der Waals surface area contributed by atoms with E-state index in [4.69, 9.17) is 0 Å². The van der Waals surface area contributed by atoms with Gasteiger partial charge in [0.05, 0.1) is 0 Å². The molecule has 1 heterocycles. The van der Waals surface area contributed by atoms with E-state index in [0.717, 1.165) is 22.1 Å². The lowest BCUT2D eigenvalue weighted by Crippen LogP contribution is -2.12. The second-order valence-electron chi connectivity index (χ2n) is 3.91. The van der Waals surface area contributed by atoms with E-state index < -0.39 is 0 Å². The fourth-order valence-electron chi connectivity index (χ4n) is 1.61. The van der Waals surface area contributed by atoms with Crippen molar-refractivity contribution >= 4 is 27.5 Å². The van der Waals surface area contributed by atoms with Gasteiger partial charge in [-0.25, -0.2) is 0 Å². The van der Waals surface area contributed by atoms with Gasteiger partial charge in [0.15, 0.2) is 0 Å². The maximum Gasteiger partial charge on any atom is 0.224 e. The highest BCUT2D eigenvalue weighted by molar-refractivity contribution is 9.10. The average Bonchev–Trinajstić information content (AvgIpc) is 2.38. The van der Waals surface area contributed by atoms with Gasteiger partial charge >= 0.3 is 0 Å². The largest absolute Gasteiger partial charge is 0.326 e. The van der Waals surface area contributed by atoms with E-state index in [1.807, 2.05) is 24.3 Å². The number of aromatic nitrogens is 1. The summed E-state index contributed by atoms with van der Waals surface area (Å²) < 4.78 is 1.04. The molecule has 92 valence electrons. The van der Waals surface area contributed by atoms with Gasteiger partial charge in [0.25, 0.3) is 0 Å². The van der Waals surface area contributed by atoms with Crippen LogP contribution in [-0.4, -0.2) is 10.9 Å². The first-order valence-electron chi connectivity index (χ1n) is 5.68. The topological polar surface area (TPSA) is 42.0 Å². The summed E-state index contributed by atoms with van der Waals surface area (Å²) >= 11 is 3.42. The Hall–Kier alpha value is -1.68. The van der Waals surface area contributed by atoms with Crippen LogP contribution in [0.4, 0.5) is 5.69 Å². The SMILES string of the molecule is O=C(CCc1cccc(Br)c1)Nc1ccncc1. The maximum atomic E-state index is 11.7. The molecular formula is C14H13BrN2O. The van der Waals surface area contributed by atoms with Crippen molar-refractivity contribution in [3.05, 3.63) is 58.8 Å². The number of aryl methyl sites for hydroxylation is 1. The van der Waals surface area contributed by atoms with Crippen LogP contribution in [0.25, 0.3) is 0 Å². The lowest BCUT2D eigenvalue weighted by molar-refractivity contribution is -0.116. The summed E-state index contributed by atoms with van der Waals surface area (Å²) in [5, 5.41) is 2.84. The van der Waals surface area contributed by atoms with Gasteiger partial charge in [-0.15, -0.1) is 0 Å². The summed E-state index contributed by atoms with van der Waals surface area (Å²) in [5.74, 6) is 0.0150. The minimum atomic E-state index is 0.0150. The number of nitrogens with one attached hydrogen (secondary N) is 1. The van der Waals surface area contributed by atoms with E-state index in [-0.39, 0.29) is 5.91 Å². The van der Waals surface area contributed by atoms with Crippen molar-refractivity contribution in [2.75, 3.05) is 5.32 Å². The van der Waals surface area contributed by atoms with Gasteiger partial charge in [-0.05, 0) is 36.2 Å². The van der Waals surface area contributed by atoms with Crippen molar-refractivity contribution in [1.82, 2.24) is 4.98 Å². The zero-order valence-electron chi connectivity index (χ0n) is 9.77. The Morgan fingerprint density at radius 2 is 2.00 bits per heavy atom. The number of carbonyl (C=O) groups is 1. The highest BCUT2D eigenvalue weighted by Gasteiger charge is 2.03. The molecule has 0 aliphatic carbocycles. The molecule has 0 aliphatic heterocycles. The quantitative estimate of drug-likeness (QED) is 0.940. The Morgan fingerprint density at radius 3 is 2.72 bits per heavy atom. The van der Waals surface area contributed by atoms with Gasteiger partial charge < -0.3 is 5.32 Å². The number of hydrogen-bond donors (Lipinski definition) is 1. The third-order valence-corrected chi connectivity index (χ3v) is 2.99. The van der Waals surface area contributed by atoms with Crippen LogP contribution in [0.5, 0.6) is 0 Å². The van der Waals surface area contributed by atoms with Crippen LogP contribution >= 0.6 is 15.9 Å². The van der Waals surface area contributed by atoms with Crippen LogP contribution in [0, 0.1) is 0 Å². The van der Waals surface area contributed by atoms with Crippen molar-refractivity contribution < 1.29 is 4.79 Å². The Labute approximate surface area is 114 Å². The third kappa shape index (κ3) is 3.96. The normalized spacial score (nSPS) is 10.1. The molecule has 1 amide bonds.